The normalized spacial score (nSPS) is 16.9. The van der Waals surface area contributed by atoms with Gasteiger partial charge >= 0.3 is 0 Å². The second-order valence-corrected chi connectivity index (χ2v) is 6.48. The van der Waals surface area contributed by atoms with Crippen molar-refractivity contribution in [1.82, 2.24) is 9.55 Å². The number of aryl methyl sites for hydroxylation is 2. The highest BCUT2D eigenvalue weighted by molar-refractivity contribution is 7.99. The molecule has 1 atom stereocenters. The van der Waals surface area contributed by atoms with Crippen molar-refractivity contribution in [2.45, 2.75) is 25.5 Å². The highest BCUT2D eigenvalue weighted by atomic mass is 32.2. The number of thioether (sulfide) groups is 1. The Morgan fingerprint density at radius 3 is 3.00 bits per heavy atom. The average molecular weight is 315 g/mol. The number of hydrogen-bond donors (Lipinski definition) is 1. The van der Waals surface area contributed by atoms with Gasteiger partial charge in [-0.2, -0.15) is 0 Å². The highest BCUT2D eigenvalue weighted by Gasteiger charge is 2.26. The Morgan fingerprint density at radius 2 is 2.18 bits per heavy atom. The summed E-state index contributed by atoms with van der Waals surface area (Å²) in [7, 11) is 0. The molecule has 0 fully saturated rings. The minimum absolute atomic E-state index is 0.0531. The summed E-state index contributed by atoms with van der Waals surface area (Å²) >= 11 is 1.45. The molecule has 6 heteroatoms. The number of nitrogens with zero attached hydrogens (tertiary/aromatic N) is 2. The van der Waals surface area contributed by atoms with Crippen LogP contribution in [0.25, 0.3) is 0 Å². The van der Waals surface area contributed by atoms with Crippen molar-refractivity contribution in [2.75, 3.05) is 11.1 Å². The Hall–Kier alpha value is -2.08. The summed E-state index contributed by atoms with van der Waals surface area (Å²) < 4.78 is 1.57. The number of carbonyl (C=O) groups is 1. The van der Waals surface area contributed by atoms with E-state index in [0.29, 0.717) is 17.5 Å². The molecule has 0 saturated heterocycles. The zero-order chi connectivity index (χ0) is 15.7. The Balaban J connectivity index is 1.78. The maximum absolute atomic E-state index is 12.5. The lowest BCUT2D eigenvalue weighted by molar-refractivity contribution is -0.119. The Labute approximate surface area is 132 Å². The molecule has 1 amide bonds. The van der Waals surface area contributed by atoms with Gasteiger partial charge in [0.2, 0.25) is 5.91 Å². The number of carbonyl (C=O) groups excluding carboxylic acids is 1. The number of aromatic nitrogens is 2. The molecule has 0 spiro atoms. The van der Waals surface area contributed by atoms with Gasteiger partial charge in [0.15, 0.2) is 5.16 Å². The van der Waals surface area contributed by atoms with Gasteiger partial charge in [-0.1, -0.05) is 23.9 Å². The van der Waals surface area contributed by atoms with Gasteiger partial charge in [0.05, 0.1) is 5.92 Å². The number of benzene rings is 1. The van der Waals surface area contributed by atoms with Gasteiger partial charge in [-0.15, -0.1) is 0 Å². The molecular formula is C16H17N3O2S. The Bertz CT molecular complexity index is 785. The van der Waals surface area contributed by atoms with Gasteiger partial charge in [-0.05, 0) is 31.0 Å². The van der Waals surface area contributed by atoms with Crippen LogP contribution < -0.4 is 10.9 Å². The fourth-order valence-corrected chi connectivity index (χ4v) is 3.48. The van der Waals surface area contributed by atoms with E-state index >= 15 is 0 Å². The molecule has 1 unspecified atom stereocenters. The molecule has 0 aliphatic carbocycles. The van der Waals surface area contributed by atoms with Crippen LogP contribution in [0.4, 0.5) is 5.69 Å². The van der Waals surface area contributed by atoms with Crippen molar-refractivity contribution >= 4 is 23.4 Å². The van der Waals surface area contributed by atoms with Gasteiger partial charge in [-0.3, -0.25) is 14.2 Å². The fraction of sp³-hybridized carbons (Fsp3) is 0.312. The molecule has 1 aromatic heterocycles. The van der Waals surface area contributed by atoms with Gasteiger partial charge in [0, 0.05) is 30.2 Å². The topological polar surface area (TPSA) is 64.0 Å². The standard InChI is InChI=1S/C16H17N3O2S/c1-10-3-4-11(2)13(7-10)18-15(21)12-8-19-14(20)5-6-17-16(19)22-9-12/h3-7,12H,8-9H2,1-2H3,(H,18,21). The molecule has 0 bridgehead atoms. The van der Waals surface area contributed by atoms with Crippen molar-refractivity contribution in [2.24, 2.45) is 5.92 Å². The first kappa shape index (κ1) is 14.8. The van der Waals surface area contributed by atoms with Crippen molar-refractivity contribution in [3.8, 4) is 0 Å². The highest BCUT2D eigenvalue weighted by Crippen LogP contribution is 2.26. The maximum Gasteiger partial charge on any atom is 0.254 e. The van der Waals surface area contributed by atoms with E-state index in [-0.39, 0.29) is 17.4 Å². The first-order valence-corrected chi connectivity index (χ1v) is 8.10. The van der Waals surface area contributed by atoms with Crippen molar-refractivity contribution in [3.05, 3.63) is 51.9 Å². The zero-order valence-electron chi connectivity index (χ0n) is 12.5. The molecule has 0 radical (unpaired) electrons. The summed E-state index contributed by atoms with van der Waals surface area (Å²) in [4.78, 5) is 28.5. The van der Waals surface area contributed by atoms with Crippen LogP contribution in [0.3, 0.4) is 0 Å². The van der Waals surface area contributed by atoms with Gasteiger partial charge in [0.1, 0.15) is 0 Å². The first-order valence-electron chi connectivity index (χ1n) is 7.11. The van der Waals surface area contributed by atoms with Gasteiger partial charge < -0.3 is 5.32 Å². The summed E-state index contributed by atoms with van der Waals surface area (Å²) in [6, 6.07) is 7.40. The lowest BCUT2D eigenvalue weighted by Gasteiger charge is -2.24. The van der Waals surface area contributed by atoms with Crippen molar-refractivity contribution < 1.29 is 4.79 Å². The van der Waals surface area contributed by atoms with E-state index in [2.05, 4.69) is 10.3 Å². The minimum atomic E-state index is -0.237. The van der Waals surface area contributed by atoms with Crippen LogP contribution in [-0.4, -0.2) is 21.2 Å². The van der Waals surface area contributed by atoms with Crippen LogP contribution >= 0.6 is 11.8 Å². The van der Waals surface area contributed by atoms with E-state index < -0.39 is 0 Å². The van der Waals surface area contributed by atoms with Gasteiger partial charge in [-0.25, -0.2) is 4.98 Å². The van der Waals surface area contributed by atoms with E-state index in [1.165, 1.54) is 24.0 Å². The molecule has 0 saturated carbocycles. The van der Waals surface area contributed by atoms with E-state index in [4.69, 9.17) is 0 Å². The number of amides is 1. The fourth-order valence-electron chi connectivity index (χ4n) is 2.41. The molecule has 114 valence electrons. The lowest BCUT2D eigenvalue weighted by atomic mass is 10.1. The predicted octanol–water partition coefficient (Wildman–Crippen LogP) is 2.22. The van der Waals surface area contributed by atoms with Crippen LogP contribution in [0.2, 0.25) is 0 Å². The summed E-state index contributed by atoms with van der Waals surface area (Å²) in [5.74, 6) is 0.342. The van der Waals surface area contributed by atoms with Crippen LogP contribution in [0.15, 0.2) is 40.4 Å². The van der Waals surface area contributed by atoms with Crippen LogP contribution in [0, 0.1) is 19.8 Å². The summed E-state index contributed by atoms with van der Waals surface area (Å²) in [6.07, 6.45) is 1.51. The Kier molecular flexibility index (Phi) is 4.02. The average Bonchev–Trinajstić information content (AvgIpc) is 2.51. The molecular weight excluding hydrogens is 298 g/mol. The summed E-state index contributed by atoms with van der Waals surface area (Å²) in [5, 5.41) is 3.67. The largest absolute Gasteiger partial charge is 0.326 e. The SMILES string of the molecule is Cc1ccc(C)c(NC(=O)C2CSc3nccc(=O)n3C2)c1. The molecule has 1 aromatic carbocycles. The molecule has 1 aliphatic rings. The second-order valence-electron chi connectivity index (χ2n) is 5.49. The Morgan fingerprint density at radius 1 is 1.36 bits per heavy atom. The third kappa shape index (κ3) is 2.92. The second kappa shape index (κ2) is 5.96. The van der Waals surface area contributed by atoms with E-state index in [1.54, 1.807) is 4.57 Å². The van der Waals surface area contributed by atoms with E-state index in [1.807, 2.05) is 32.0 Å². The number of anilines is 1. The van der Waals surface area contributed by atoms with Crippen molar-refractivity contribution in [3.63, 3.8) is 0 Å². The number of nitrogens with one attached hydrogen (secondary N) is 1. The smallest absolute Gasteiger partial charge is 0.254 e. The summed E-state index contributed by atoms with van der Waals surface area (Å²) in [6.45, 7) is 4.34. The van der Waals surface area contributed by atoms with Crippen LogP contribution in [-0.2, 0) is 11.3 Å². The van der Waals surface area contributed by atoms with E-state index in [9.17, 15) is 9.59 Å². The lowest BCUT2D eigenvalue weighted by Crippen LogP contribution is -2.36. The molecule has 2 heterocycles. The summed E-state index contributed by atoms with van der Waals surface area (Å²) in [5.41, 5.74) is 2.85. The monoisotopic (exact) mass is 315 g/mol. The molecule has 22 heavy (non-hydrogen) atoms. The maximum atomic E-state index is 12.5. The number of rotatable bonds is 2. The van der Waals surface area contributed by atoms with Crippen LogP contribution in [0.5, 0.6) is 0 Å². The third-order valence-electron chi connectivity index (χ3n) is 3.74. The molecule has 1 N–H and O–H groups in total. The zero-order valence-corrected chi connectivity index (χ0v) is 13.3. The molecule has 2 aromatic rings. The van der Waals surface area contributed by atoms with E-state index in [0.717, 1.165) is 16.8 Å². The predicted molar refractivity (Wildman–Crippen MR) is 87.3 cm³/mol. The number of hydrogen-bond acceptors (Lipinski definition) is 4. The molecule has 1 aliphatic heterocycles. The minimum Gasteiger partial charge on any atom is -0.326 e. The third-order valence-corrected chi connectivity index (χ3v) is 4.89. The molecule has 3 rings (SSSR count). The van der Waals surface area contributed by atoms with Crippen LogP contribution in [0.1, 0.15) is 11.1 Å². The first-order chi connectivity index (χ1) is 10.5. The number of fused-ring (bicyclic) bond motifs is 1. The molecule has 5 nitrogen and oxygen atoms in total. The quantitative estimate of drug-likeness (QED) is 0.863. The van der Waals surface area contributed by atoms with Crippen molar-refractivity contribution in [1.29, 1.82) is 0 Å². The van der Waals surface area contributed by atoms with Gasteiger partial charge in [0.25, 0.3) is 5.56 Å².